The highest BCUT2D eigenvalue weighted by molar-refractivity contribution is 9.10. The van der Waals surface area contributed by atoms with Gasteiger partial charge in [-0.05, 0) is 39.8 Å². The number of nitro benzene ring substituents is 1. The predicted molar refractivity (Wildman–Crippen MR) is 86.3 cm³/mol. The highest BCUT2D eigenvalue weighted by Crippen LogP contribution is 2.27. The summed E-state index contributed by atoms with van der Waals surface area (Å²) in [6.45, 7) is 10.1. The predicted octanol–water partition coefficient (Wildman–Crippen LogP) is 3.89. The zero-order valence-electron chi connectivity index (χ0n) is 12.4. The molecule has 0 spiro atoms. The molecule has 1 aromatic carbocycles. The molecule has 0 bridgehead atoms. The van der Waals surface area contributed by atoms with Crippen LogP contribution < -0.4 is 5.32 Å². The Kier molecular flexibility index (Phi) is 6.42. The van der Waals surface area contributed by atoms with Crippen LogP contribution in [-0.2, 0) is 0 Å². The van der Waals surface area contributed by atoms with Crippen LogP contribution in [0, 0.1) is 10.1 Å². The normalized spacial score (nSPS) is 11.4. The van der Waals surface area contributed by atoms with Crippen LogP contribution in [0.25, 0.3) is 0 Å². The van der Waals surface area contributed by atoms with Gasteiger partial charge in [-0.2, -0.15) is 0 Å². The lowest BCUT2D eigenvalue weighted by Crippen LogP contribution is -2.40. The number of nitro groups is 1. The number of hydrogen-bond donors (Lipinski definition) is 1. The largest absolute Gasteiger partial charge is 0.378 e. The van der Waals surface area contributed by atoms with Crippen molar-refractivity contribution in [3.05, 3.63) is 32.8 Å². The second-order valence-electron chi connectivity index (χ2n) is 5.27. The molecule has 6 heteroatoms. The van der Waals surface area contributed by atoms with Gasteiger partial charge in [-0.1, -0.05) is 15.9 Å². The van der Waals surface area contributed by atoms with E-state index in [9.17, 15) is 10.1 Å². The van der Waals surface area contributed by atoms with E-state index in [2.05, 4.69) is 53.8 Å². The summed E-state index contributed by atoms with van der Waals surface area (Å²) in [6.07, 6.45) is 0. The second kappa shape index (κ2) is 7.59. The summed E-state index contributed by atoms with van der Waals surface area (Å²) in [4.78, 5) is 13.0. The first kappa shape index (κ1) is 16.9. The van der Waals surface area contributed by atoms with E-state index in [0.717, 1.165) is 6.54 Å². The molecular formula is C14H22BrN3O2. The summed E-state index contributed by atoms with van der Waals surface area (Å²) in [5.41, 5.74) is 0.658. The molecule has 0 saturated heterocycles. The fraction of sp³-hybridized carbons (Fsp3) is 0.571. The number of halogens is 1. The monoisotopic (exact) mass is 343 g/mol. The van der Waals surface area contributed by atoms with E-state index in [1.54, 1.807) is 12.1 Å². The molecule has 0 aliphatic heterocycles. The fourth-order valence-corrected chi connectivity index (χ4v) is 2.59. The molecule has 0 atom stereocenters. The van der Waals surface area contributed by atoms with E-state index in [0.29, 0.717) is 28.8 Å². The first-order valence-corrected chi connectivity index (χ1v) is 7.55. The SMILES string of the molecule is CC(C)N(CCNc1ccc(Br)cc1[N+](=O)[O-])C(C)C. The van der Waals surface area contributed by atoms with Crippen LogP contribution in [0.2, 0.25) is 0 Å². The average Bonchev–Trinajstić information content (AvgIpc) is 2.34. The molecule has 0 amide bonds. The van der Waals surface area contributed by atoms with Crippen LogP contribution in [0.5, 0.6) is 0 Å². The van der Waals surface area contributed by atoms with E-state index in [4.69, 9.17) is 0 Å². The van der Waals surface area contributed by atoms with Crippen molar-refractivity contribution in [2.75, 3.05) is 18.4 Å². The lowest BCUT2D eigenvalue weighted by molar-refractivity contribution is -0.384. The van der Waals surface area contributed by atoms with Crippen molar-refractivity contribution in [2.24, 2.45) is 0 Å². The second-order valence-corrected chi connectivity index (χ2v) is 6.19. The third-order valence-electron chi connectivity index (χ3n) is 3.17. The van der Waals surface area contributed by atoms with Crippen LogP contribution in [0.1, 0.15) is 27.7 Å². The maximum atomic E-state index is 11.0. The minimum Gasteiger partial charge on any atom is -0.378 e. The molecule has 0 fully saturated rings. The molecule has 1 N–H and O–H groups in total. The summed E-state index contributed by atoms with van der Waals surface area (Å²) < 4.78 is 0.709. The van der Waals surface area contributed by atoms with E-state index < -0.39 is 0 Å². The van der Waals surface area contributed by atoms with Crippen molar-refractivity contribution in [3.63, 3.8) is 0 Å². The minimum atomic E-state index is -0.365. The average molecular weight is 344 g/mol. The van der Waals surface area contributed by atoms with Gasteiger partial charge >= 0.3 is 0 Å². The van der Waals surface area contributed by atoms with E-state index >= 15 is 0 Å². The van der Waals surface area contributed by atoms with E-state index in [1.807, 2.05) is 0 Å². The van der Waals surface area contributed by atoms with Gasteiger partial charge in [0.2, 0.25) is 0 Å². The fourth-order valence-electron chi connectivity index (χ4n) is 2.24. The van der Waals surface area contributed by atoms with Crippen molar-refractivity contribution in [1.29, 1.82) is 0 Å². The first-order valence-electron chi connectivity index (χ1n) is 6.76. The Hall–Kier alpha value is -1.14. The molecule has 0 saturated carbocycles. The van der Waals surface area contributed by atoms with E-state index in [1.165, 1.54) is 6.07 Å². The van der Waals surface area contributed by atoms with Gasteiger partial charge in [0.25, 0.3) is 5.69 Å². The molecule has 0 unspecified atom stereocenters. The van der Waals surface area contributed by atoms with Crippen LogP contribution in [0.4, 0.5) is 11.4 Å². The Balaban J connectivity index is 2.68. The molecule has 0 aromatic heterocycles. The van der Waals surface area contributed by atoms with Gasteiger partial charge in [0, 0.05) is 35.7 Å². The van der Waals surface area contributed by atoms with Gasteiger partial charge in [0.1, 0.15) is 5.69 Å². The van der Waals surface area contributed by atoms with Gasteiger partial charge in [0.05, 0.1) is 4.92 Å². The van der Waals surface area contributed by atoms with Crippen LogP contribution in [0.15, 0.2) is 22.7 Å². The Morgan fingerprint density at radius 3 is 2.40 bits per heavy atom. The van der Waals surface area contributed by atoms with Gasteiger partial charge < -0.3 is 5.32 Å². The molecule has 1 aromatic rings. The summed E-state index contributed by atoms with van der Waals surface area (Å²) in [5, 5.41) is 14.2. The number of nitrogens with one attached hydrogen (secondary N) is 1. The van der Waals surface area contributed by atoms with Gasteiger partial charge in [-0.25, -0.2) is 0 Å². The standard InChI is InChI=1S/C14H22BrN3O2/c1-10(2)17(11(3)4)8-7-16-13-6-5-12(15)9-14(13)18(19)20/h5-6,9-11,16H,7-8H2,1-4H3. The van der Waals surface area contributed by atoms with Crippen molar-refractivity contribution >= 4 is 27.3 Å². The number of hydrogen-bond acceptors (Lipinski definition) is 4. The Morgan fingerprint density at radius 2 is 1.90 bits per heavy atom. The topological polar surface area (TPSA) is 58.4 Å². The molecule has 20 heavy (non-hydrogen) atoms. The first-order chi connectivity index (χ1) is 9.32. The minimum absolute atomic E-state index is 0.0972. The maximum absolute atomic E-state index is 11.0. The van der Waals surface area contributed by atoms with Crippen molar-refractivity contribution in [1.82, 2.24) is 4.90 Å². The number of benzene rings is 1. The summed E-state index contributed by atoms with van der Waals surface area (Å²) >= 11 is 3.25. The lowest BCUT2D eigenvalue weighted by Gasteiger charge is -2.30. The molecule has 112 valence electrons. The highest BCUT2D eigenvalue weighted by Gasteiger charge is 2.16. The number of anilines is 1. The van der Waals surface area contributed by atoms with Gasteiger partial charge in [0.15, 0.2) is 0 Å². The molecule has 1 rings (SSSR count). The third-order valence-corrected chi connectivity index (χ3v) is 3.66. The molecule has 0 heterocycles. The van der Waals surface area contributed by atoms with Crippen LogP contribution >= 0.6 is 15.9 Å². The third kappa shape index (κ3) is 4.76. The summed E-state index contributed by atoms with van der Waals surface area (Å²) in [6, 6.07) is 5.97. The van der Waals surface area contributed by atoms with Crippen molar-refractivity contribution in [3.8, 4) is 0 Å². The van der Waals surface area contributed by atoms with E-state index in [-0.39, 0.29) is 10.6 Å². The molecular weight excluding hydrogens is 322 g/mol. The number of nitrogens with zero attached hydrogens (tertiary/aromatic N) is 2. The summed E-state index contributed by atoms with van der Waals surface area (Å²) in [7, 11) is 0. The van der Waals surface area contributed by atoms with Crippen LogP contribution in [-0.4, -0.2) is 35.0 Å². The number of rotatable bonds is 7. The summed E-state index contributed by atoms with van der Waals surface area (Å²) in [5.74, 6) is 0. The molecule has 0 aliphatic rings. The lowest BCUT2D eigenvalue weighted by atomic mass is 10.2. The smallest absolute Gasteiger partial charge is 0.293 e. The Morgan fingerprint density at radius 1 is 1.30 bits per heavy atom. The van der Waals surface area contributed by atoms with Crippen molar-refractivity contribution < 1.29 is 4.92 Å². The van der Waals surface area contributed by atoms with Gasteiger partial charge in [-0.15, -0.1) is 0 Å². The van der Waals surface area contributed by atoms with Crippen LogP contribution in [0.3, 0.4) is 0 Å². The molecule has 0 aliphatic carbocycles. The molecule has 0 radical (unpaired) electrons. The zero-order chi connectivity index (χ0) is 15.3. The Labute approximate surface area is 128 Å². The molecule has 5 nitrogen and oxygen atoms in total. The quantitative estimate of drug-likeness (QED) is 0.602. The van der Waals surface area contributed by atoms with Gasteiger partial charge in [-0.3, -0.25) is 15.0 Å². The highest BCUT2D eigenvalue weighted by atomic mass is 79.9. The Bertz CT molecular complexity index is 456. The maximum Gasteiger partial charge on any atom is 0.293 e. The zero-order valence-corrected chi connectivity index (χ0v) is 14.0. The van der Waals surface area contributed by atoms with Crippen molar-refractivity contribution in [2.45, 2.75) is 39.8 Å².